The SMILES string of the molecule is COC12OC1(C13OC1(OC)C(O)c1cc4cc(C)oc(=O)c4c(O)c1C3O)C(O)c1c(cc3cc(C)oc(=O)c3c1O)C2O. The first kappa shape index (κ1) is 27.7. The zero-order valence-electron chi connectivity index (χ0n) is 23.6. The minimum Gasteiger partial charge on any atom is -0.507 e. The molecule has 2 fully saturated rings. The number of benzene rings is 2. The number of hydrogen-bond acceptors (Lipinski definition) is 14. The monoisotopic (exact) mass is 610 g/mol. The molecule has 4 heterocycles. The van der Waals surface area contributed by atoms with E-state index >= 15 is 0 Å². The Morgan fingerprint density at radius 2 is 1.00 bits per heavy atom. The van der Waals surface area contributed by atoms with Gasteiger partial charge in [-0.2, -0.15) is 0 Å². The quantitative estimate of drug-likeness (QED) is 0.178. The Labute approximate surface area is 245 Å². The lowest BCUT2D eigenvalue weighted by atomic mass is 9.62. The molecule has 8 rings (SSSR count). The molecule has 4 aromatic rings. The van der Waals surface area contributed by atoms with Gasteiger partial charge in [0, 0.05) is 25.3 Å². The van der Waals surface area contributed by atoms with Crippen molar-refractivity contribution in [2.45, 2.75) is 61.0 Å². The molecular formula is C30H26O14. The average Bonchev–Trinajstić information content (AvgIpc) is 3.85. The van der Waals surface area contributed by atoms with Gasteiger partial charge in [0.2, 0.25) is 11.6 Å². The van der Waals surface area contributed by atoms with Crippen molar-refractivity contribution >= 4 is 21.5 Å². The van der Waals surface area contributed by atoms with E-state index < -0.39 is 69.9 Å². The summed E-state index contributed by atoms with van der Waals surface area (Å²) >= 11 is 0. The Morgan fingerprint density at radius 1 is 0.636 bits per heavy atom. The fourth-order valence-electron chi connectivity index (χ4n) is 7.97. The number of fused-ring (bicyclic) bond motifs is 7. The Balaban J connectivity index is 1.41. The highest BCUT2D eigenvalue weighted by Crippen LogP contribution is 2.83. The lowest BCUT2D eigenvalue weighted by Crippen LogP contribution is -2.59. The van der Waals surface area contributed by atoms with Gasteiger partial charge in [-0.05, 0) is 60.0 Å². The molecule has 0 saturated carbocycles. The summed E-state index contributed by atoms with van der Waals surface area (Å²) in [4.78, 5) is 25.6. The molecular weight excluding hydrogens is 584 g/mol. The van der Waals surface area contributed by atoms with Gasteiger partial charge in [-0.3, -0.25) is 0 Å². The number of epoxide rings is 2. The van der Waals surface area contributed by atoms with E-state index in [9.17, 15) is 40.2 Å². The van der Waals surface area contributed by atoms with Crippen LogP contribution in [-0.4, -0.2) is 67.6 Å². The standard InChI is InChI=1S/C30H26O14/c1-9-5-11-7-13-17(19(31)15(11)25(37)41-9)23(35)27(29(39-3,43-27)21(13)33)28-24(36)18-14(22(34)30(28,40-4)44-28)8-12-6-10(2)42-26(38)16(12)20(18)32/h5-8,21-24,31-36H,1-4H3. The van der Waals surface area contributed by atoms with Crippen molar-refractivity contribution in [1.29, 1.82) is 0 Å². The molecule has 44 heavy (non-hydrogen) atoms. The molecule has 0 radical (unpaired) electrons. The molecule has 4 aliphatic rings. The number of aliphatic hydroxyl groups is 4. The van der Waals surface area contributed by atoms with Crippen molar-refractivity contribution in [3.8, 4) is 11.5 Å². The molecule has 2 saturated heterocycles. The molecule has 8 unspecified atom stereocenters. The van der Waals surface area contributed by atoms with Crippen LogP contribution in [0.15, 0.2) is 42.7 Å². The van der Waals surface area contributed by atoms with Crippen LogP contribution in [0.3, 0.4) is 0 Å². The van der Waals surface area contributed by atoms with Crippen LogP contribution in [0.4, 0.5) is 0 Å². The fourth-order valence-corrected chi connectivity index (χ4v) is 7.97. The fraction of sp³-hybridized carbons (Fsp3) is 0.400. The molecule has 6 N–H and O–H groups in total. The van der Waals surface area contributed by atoms with E-state index in [2.05, 4.69) is 0 Å². The summed E-state index contributed by atoms with van der Waals surface area (Å²) in [5.74, 6) is -5.28. The van der Waals surface area contributed by atoms with E-state index in [4.69, 9.17) is 27.8 Å². The number of methoxy groups -OCH3 is 2. The van der Waals surface area contributed by atoms with Gasteiger partial charge in [-0.15, -0.1) is 0 Å². The third-order valence-electron chi connectivity index (χ3n) is 9.80. The van der Waals surface area contributed by atoms with E-state index in [1.54, 1.807) is 0 Å². The van der Waals surface area contributed by atoms with E-state index in [0.717, 1.165) is 0 Å². The van der Waals surface area contributed by atoms with Crippen molar-refractivity contribution in [1.82, 2.24) is 0 Å². The number of ether oxygens (including phenoxy) is 4. The van der Waals surface area contributed by atoms with Crippen molar-refractivity contribution in [2.75, 3.05) is 14.2 Å². The third kappa shape index (κ3) is 2.64. The number of aromatic hydroxyl groups is 2. The maximum absolute atomic E-state index is 12.8. The first-order chi connectivity index (χ1) is 20.8. The van der Waals surface area contributed by atoms with Crippen LogP contribution < -0.4 is 11.3 Å². The number of aliphatic hydroxyl groups excluding tert-OH is 4. The zero-order chi connectivity index (χ0) is 31.5. The number of hydrogen-bond donors (Lipinski definition) is 6. The second kappa shape index (κ2) is 8.04. The highest BCUT2D eigenvalue weighted by atomic mass is 16.9. The maximum atomic E-state index is 12.8. The van der Waals surface area contributed by atoms with Crippen LogP contribution in [0.1, 0.15) is 58.2 Å². The first-order valence-electron chi connectivity index (χ1n) is 13.6. The smallest absolute Gasteiger partial charge is 0.347 e. The second-order valence-electron chi connectivity index (χ2n) is 11.7. The van der Waals surface area contributed by atoms with Crippen LogP contribution in [-0.2, 0) is 18.9 Å². The van der Waals surface area contributed by atoms with Gasteiger partial charge in [0.25, 0.3) is 0 Å². The van der Waals surface area contributed by atoms with E-state index in [-0.39, 0.29) is 55.3 Å². The first-order valence-corrected chi connectivity index (χ1v) is 13.6. The number of aryl methyl sites for hydroxylation is 2. The summed E-state index contributed by atoms with van der Waals surface area (Å²) in [6.07, 6.45) is -7.51. The van der Waals surface area contributed by atoms with E-state index in [0.29, 0.717) is 0 Å². The summed E-state index contributed by atoms with van der Waals surface area (Å²) in [5.41, 5.74) is -7.24. The van der Waals surface area contributed by atoms with Gasteiger partial charge in [-0.1, -0.05) is 0 Å². The van der Waals surface area contributed by atoms with Crippen LogP contribution in [0.2, 0.25) is 0 Å². The summed E-state index contributed by atoms with van der Waals surface area (Å²) < 4.78 is 33.8. The second-order valence-corrected chi connectivity index (χ2v) is 11.7. The van der Waals surface area contributed by atoms with Crippen molar-refractivity contribution in [2.24, 2.45) is 0 Å². The van der Waals surface area contributed by atoms with Crippen LogP contribution in [0, 0.1) is 13.8 Å². The summed E-state index contributed by atoms with van der Waals surface area (Å²) in [5, 5.41) is 70.2. The number of phenolic OH excluding ortho intramolecular Hbond substituents is 2. The van der Waals surface area contributed by atoms with Crippen LogP contribution in [0.25, 0.3) is 21.5 Å². The van der Waals surface area contributed by atoms with E-state index in [1.807, 2.05) is 0 Å². The lowest BCUT2D eigenvalue weighted by Gasteiger charge is -2.42. The van der Waals surface area contributed by atoms with Crippen molar-refractivity contribution in [3.05, 3.63) is 78.9 Å². The molecule has 2 aliphatic heterocycles. The van der Waals surface area contributed by atoms with Gasteiger partial charge in [0.1, 0.15) is 58.2 Å². The molecule has 2 aromatic carbocycles. The number of phenols is 2. The van der Waals surface area contributed by atoms with Crippen LogP contribution >= 0.6 is 0 Å². The van der Waals surface area contributed by atoms with Gasteiger partial charge >= 0.3 is 11.3 Å². The highest BCUT2D eigenvalue weighted by Gasteiger charge is 3.02. The Kier molecular flexibility index (Phi) is 5.06. The molecule has 2 aromatic heterocycles. The lowest BCUT2D eigenvalue weighted by molar-refractivity contribution is -0.132. The number of rotatable bonds is 3. The minimum atomic E-state index is -2.33. The maximum Gasteiger partial charge on any atom is 0.347 e. The molecule has 0 amide bonds. The Morgan fingerprint density at radius 3 is 1.34 bits per heavy atom. The predicted molar refractivity (Wildman–Crippen MR) is 145 cm³/mol. The summed E-state index contributed by atoms with van der Waals surface area (Å²) in [7, 11) is 2.35. The summed E-state index contributed by atoms with van der Waals surface area (Å²) in [6.45, 7) is 3.05. The Hall–Kier alpha value is -3.86. The van der Waals surface area contributed by atoms with Crippen molar-refractivity contribution < 1.29 is 58.4 Å². The predicted octanol–water partition coefficient (Wildman–Crippen LogP) is 1.01. The molecule has 2 aliphatic carbocycles. The molecule has 8 atom stereocenters. The van der Waals surface area contributed by atoms with Gasteiger partial charge in [0.15, 0.2) is 11.2 Å². The molecule has 0 bridgehead atoms. The average molecular weight is 611 g/mol. The van der Waals surface area contributed by atoms with Gasteiger partial charge in [0.05, 0.1) is 0 Å². The van der Waals surface area contributed by atoms with Gasteiger partial charge < -0.3 is 58.4 Å². The van der Waals surface area contributed by atoms with Gasteiger partial charge in [-0.25, -0.2) is 9.59 Å². The molecule has 0 spiro atoms. The minimum absolute atomic E-state index is 0.0457. The molecule has 14 nitrogen and oxygen atoms in total. The topological polar surface area (TPSA) is 225 Å². The Bertz CT molecular complexity index is 1950. The molecule has 230 valence electrons. The largest absolute Gasteiger partial charge is 0.507 e. The van der Waals surface area contributed by atoms with Crippen molar-refractivity contribution in [3.63, 3.8) is 0 Å². The van der Waals surface area contributed by atoms with E-state index in [1.165, 1.54) is 52.3 Å². The zero-order valence-corrected chi connectivity index (χ0v) is 23.6. The summed E-state index contributed by atoms with van der Waals surface area (Å²) in [6, 6.07) is 5.69. The van der Waals surface area contributed by atoms with Crippen LogP contribution in [0.5, 0.6) is 11.5 Å². The third-order valence-corrected chi connectivity index (χ3v) is 9.80. The highest BCUT2D eigenvalue weighted by molar-refractivity contribution is 5.91. The normalized spacial score (nSPS) is 36.5. The molecule has 14 heteroatoms.